The highest BCUT2D eigenvalue weighted by Crippen LogP contribution is 2.33. The van der Waals surface area contributed by atoms with Crippen molar-refractivity contribution >= 4 is 0 Å². The first-order valence-corrected chi connectivity index (χ1v) is 12.9. The lowest BCUT2D eigenvalue weighted by molar-refractivity contribution is 0.279. The summed E-state index contributed by atoms with van der Waals surface area (Å²) in [6.07, 6.45) is 4.57. The Kier molecular flexibility index (Phi) is 7.65. The van der Waals surface area contributed by atoms with Crippen LogP contribution in [0, 0.1) is 0 Å². The van der Waals surface area contributed by atoms with Crippen LogP contribution in [0.1, 0.15) is 36.8 Å². The highest BCUT2D eigenvalue weighted by Gasteiger charge is 2.25. The minimum Gasteiger partial charge on any atom is -0.507 e. The fraction of sp³-hybridized carbons (Fsp3) is 0.250. The lowest BCUT2D eigenvalue weighted by Gasteiger charge is -2.33. The van der Waals surface area contributed by atoms with Crippen LogP contribution in [0.25, 0.3) is 22.3 Å². The molecule has 184 valence electrons. The van der Waals surface area contributed by atoms with Crippen LogP contribution in [0.3, 0.4) is 0 Å². The SMILES string of the molecule is Oc1c(CN[C@@H]2CCCC[C@H]2NCc2cccc(-c3ccccc3)c2O)cccc1-c1ccccc1. The molecule has 4 N–H and O–H groups in total. The van der Waals surface area contributed by atoms with Crippen LogP contribution in [0.4, 0.5) is 0 Å². The van der Waals surface area contributed by atoms with Gasteiger partial charge < -0.3 is 20.8 Å². The molecule has 0 heterocycles. The van der Waals surface area contributed by atoms with E-state index in [1.54, 1.807) is 0 Å². The summed E-state index contributed by atoms with van der Waals surface area (Å²) in [5.41, 5.74) is 5.59. The summed E-state index contributed by atoms with van der Waals surface area (Å²) < 4.78 is 0. The van der Waals surface area contributed by atoms with Gasteiger partial charge in [-0.3, -0.25) is 0 Å². The van der Waals surface area contributed by atoms with Crippen LogP contribution in [0.2, 0.25) is 0 Å². The Morgan fingerprint density at radius 3 is 1.36 bits per heavy atom. The predicted octanol–water partition coefficient (Wildman–Crippen LogP) is 6.62. The van der Waals surface area contributed by atoms with E-state index in [9.17, 15) is 10.2 Å². The zero-order valence-electron chi connectivity index (χ0n) is 20.5. The van der Waals surface area contributed by atoms with E-state index in [0.29, 0.717) is 36.7 Å². The van der Waals surface area contributed by atoms with Crippen LogP contribution >= 0.6 is 0 Å². The molecule has 1 aliphatic carbocycles. The third-order valence-corrected chi connectivity index (χ3v) is 7.28. The second-order valence-electron chi connectivity index (χ2n) is 9.62. The average Bonchev–Trinajstić information content (AvgIpc) is 2.93. The number of benzene rings is 4. The Bertz CT molecular complexity index is 1170. The van der Waals surface area contributed by atoms with Gasteiger partial charge in [-0.2, -0.15) is 0 Å². The Morgan fingerprint density at radius 2 is 0.944 bits per heavy atom. The second kappa shape index (κ2) is 11.4. The first-order valence-electron chi connectivity index (χ1n) is 12.9. The molecule has 0 bridgehead atoms. The van der Waals surface area contributed by atoms with Gasteiger partial charge in [0, 0.05) is 47.4 Å². The lowest BCUT2D eigenvalue weighted by atomic mass is 9.89. The topological polar surface area (TPSA) is 64.5 Å². The largest absolute Gasteiger partial charge is 0.507 e. The van der Waals surface area contributed by atoms with Gasteiger partial charge in [0.25, 0.3) is 0 Å². The Balaban J connectivity index is 1.25. The summed E-state index contributed by atoms with van der Waals surface area (Å²) >= 11 is 0. The zero-order chi connectivity index (χ0) is 24.7. The van der Waals surface area contributed by atoms with Gasteiger partial charge in [0.05, 0.1) is 0 Å². The van der Waals surface area contributed by atoms with E-state index in [2.05, 4.69) is 10.6 Å². The van der Waals surface area contributed by atoms with E-state index in [1.165, 1.54) is 12.8 Å². The smallest absolute Gasteiger partial charge is 0.127 e. The number of rotatable bonds is 8. The van der Waals surface area contributed by atoms with Crippen molar-refractivity contribution in [3.8, 4) is 33.8 Å². The Morgan fingerprint density at radius 1 is 0.528 bits per heavy atom. The van der Waals surface area contributed by atoms with Gasteiger partial charge in [0.1, 0.15) is 11.5 Å². The van der Waals surface area contributed by atoms with Crippen LogP contribution in [-0.2, 0) is 13.1 Å². The maximum absolute atomic E-state index is 11.0. The molecule has 1 aliphatic rings. The highest BCUT2D eigenvalue weighted by atomic mass is 16.3. The molecule has 0 amide bonds. The summed E-state index contributed by atoms with van der Waals surface area (Å²) in [5.74, 6) is 0.693. The van der Waals surface area contributed by atoms with Gasteiger partial charge in [-0.1, -0.05) is 110 Å². The van der Waals surface area contributed by atoms with Gasteiger partial charge in [0.2, 0.25) is 0 Å². The molecule has 36 heavy (non-hydrogen) atoms. The summed E-state index contributed by atoms with van der Waals surface area (Å²) in [4.78, 5) is 0. The molecule has 2 atom stereocenters. The van der Waals surface area contributed by atoms with Crippen LogP contribution in [0.5, 0.6) is 11.5 Å². The van der Waals surface area contributed by atoms with Crippen molar-refractivity contribution in [1.29, 1.82) is 0 Å². The molecule has 0 aliphatic heterocycles. The lowest BCUT2D eigenvalue weighted by Crippen LogP contribution is -2.49. The standard InChI is InChI=1S/C32H34N2O2/c35-31-25(15-9-17-27(31)23-11-3-1-4-12-23)21-33-29-19-7-8-20-30(29)34-22-26-16-10-18-28(32(26)36)24-13-5-2-6-14-24/h1-6,9-18,29-30,33-36H,7-8,19-22H2/t29-,30-/m1/s1. The molecular weight excluding hydrogens is 444 g/mol. The average molecular weight is 479 g/mol. The molecule has 4 nitrogen and oxygen atoms in total. The molecule has 0 spiro atoms. The van der Waals surface area contributed by atoms with Crippen molar-refractivity contribution in [2.45, 2.75) is 50.9 Å². The minimum absolute atomic E-state index is 0.304. The fourth-order valence-corrected chi connectivity index (χ4v) is 5.27. The molecular formula is C32H34N2O2. The van der Waals surface area contributed by atoms with Crippen LogP contribution < -0.4 is 10.6 Å². The quantitative estimate of drug-likeness (QED) is 0.230. The van der Waals surface area contributed by atoms with Gasteiger partial charge in [-0.15, -0.1) is 0 Å². The second-order valence-corrected chi connectivity index (χ2v) is 9.62. The van der Waals surface area contributed by atoms with Gasteiger partial charge in [-0.05, 0) is 24.0 Å². The van der Waals surface area contributed by atoms with Crippen LogP contribution in [-0.4, -0.2) is 22.3 Å². The predicted molar refractivity (Wildman–Crippen MR) is 147 cm³/mol. The molecule has 0 unspecified atom stereocenters. The summed E-state index contributed by atoms with van der Waals surface area (Å²) in [7, 11) is 0. The van der Waals surface area contributed by atoms with Crippen LogP contribution in [0.15, 0.2) is 97.1 Å². The van der Waals surface area contributed by atoms with E-state index in [0.717, 1.165) is 46.2 Å². The molecule has 0 radical (unpaired) electrons. The van der Waals surface area contributed by atoms with Gasteiger partial charge >= 0.3 is 0 Å². The third-order valence-electron chi connectivity index (χ3n) is 7.28. The maximum atomic E-state index is 11.0. The normalized spacial score (nSPS) is 17.7. The van der Waals surface area contributed by atoms with E-state index in [1.807, 2.05) is 97.1 Å². The van der Waals surface area contributed by atoms with E-state index < -0.39 is 0 Å². The van der Waals surface area contributed by atoms with Crippen molar-refractivity contribution in [2.75, 3.05) is 0 Å². The number of nitrogens with one attached hydrogen (secondary N) is 2. The Labute approximate surface area is 213 Å². The number of hydrogen-bond acceptors (Lipinski definition) is 4. The van der Waals surface area contributed by atoms with E-state index >= 15 is 0 Å². The maximum Gasteiger partial charge on any atom is 0.127 e. The Hall–Kier alpha value is -3.60. The number of phenolic OH excluding ortho intramolecular Hbond substituents is 2. The summed E-state index contributed by atoms with van der Waals surface area (Å²) in [6, 6.07) is 32.6. The molecule has 1 fully saturated rings. The summed E-state index contributed by atoms with van der Waals surface area (Å²) in [6.45, 7) is 1.23. The molecule has 0 aromatic heterocycles. The van der Waals surface area contributed by atoms with Crippen molar-refractivity contribution in [3.63, 3.8) is 0 Å². The summed E-state index contributed by atoms with van der Waals surface area (Å²) in [5, 5.41) is 29.3. The van der Waals surface area contributed by atoms with E-state index in [-0.39, 0.29) is 0 Å². The molecule has 1 saturated carbocycles. The highest BCUT2D eigenvalue weighted by molar-refractivity contribution is 5.72. The minimum atomic E-state index is 0.304. The number of phenols is 2. The van der Waals surface area contributed by atoms with Gasteiger partial charge in [-0.25, -0.2) is 0 Å². The van der Waals surface area contributed by atoms with Gasteiger partial charge in [0.15, 0.2) is 0 Å². The fourth-order valence-electron chi connectivity index (χ4n) is 5.27. The molecule has 4 heteroatoms. The first kappa shape index (κ1) is 24.1. The molecule has 0 saturated heterocycles. The van der Waals surface area contributed by atoms with Crippen molar-refractivity contribution in [2.24, 2.45) is 0 Å². The molecule has 5 rings (SSSR count). The van der Waals surface area contributed by atoms with E-state index in [4.69, 9.17) is 0 Å². The third kappa shape index (κ3) is 5.46. The molecule has 4 aromatic carbocycles. The van der Waals surface area contributed by atoms with Crippen molar-refractivity contribution in [3.05, 3.63) is 108 Å². The van der Waals surface area contributed by atoms with Crippen molar-refractivity contribution < 1.29 is 10.2 Å². The number of hydrogen-bond donors (Lipinski definition) is 4. The number of aromatic hydroxyl groups is 2. The molecule has 4 aromatic rings. The first-order chi connectivity index (χ1) is 17.7. The monoisotopic (exact) mass is 478 g/mol. The van der Waals surface area contributed by atoms with Crippen molar-refractivity contribution in [1.82, 2.24) is 10.6 Å². The zero-order valence-corrected chi connectivity index (χ0v) is 20.5. The number of para-hydroxylation sites is 2.